The van der Waals surface area contributed by atoms with E-state index in [1.807, 2.05) is 7.05 Å². The minimum absolute atomic E-state index is 0.0252. The molecule has 1 atom stereocenters. The molecule has 152 valence electrons. The van der Waals surface area contributed by atoms with Crippen LogP contribution in [0.4, 0.5) is 24.5 Å². The number of nitro groups is 1. The Balaban J connectivity index is 2.18. The Kier molecular flexibility index (Phi) is 6.32. The van der Waals surface area contributed by atoms with Crippen LogP contribution in [-0.4, -0.2) is 74.5 Å². The van der Waals surface area contributed by atoms with Crippen LogP contribution in [0, 0.1) is 10.1 Å². The Labute approximate surface area is 155 Å². The van der Waals surface area contributed by atoms with E-state index in [-0.39, 0.29) is 11.7 Å². The smallest absolute Gasteiger partial charge is 0.376 e. The van der Waals surface area contributed by atoms with Crippen LogP contribution in [0.15, 0.2) is 23.1 Å². The molecule has 12 heteroatoms. The van der Waals surface area contributed by atoms with Gasteiger partial charge >= 0.3 is 5.51 Å². The third-order valence-corrected chi connectivity index (χ3v) is 5.79. The van der Waals surface area contributed by atoms with E-state index in [2.05, 4.69) is 15.1 Å². The molecule has 0 radical (unpaired) electrons. The predicted molar refractivity (Wildman–Crippen MR) is 93.4 cm³/mol. The van der Waals surface area contributed by atoms with Gasteiger partial charge < -0.3 is 10.2 Å². The Morgan fingerprint density at radius 3 is 2.37 bits per heavy atom. The van der Waals surface area contributed by atoms with E-state index in [0.29, 0.717) is 12.6 Å². The van der Waals surface area contributed by atoms with Crippen molar-refractivity contribution in [3.05, 3.63) is 28.3 Å². The Hall–Kier alpha value is -1.92. The summed E-state index contributed by atoms with van der Waals surface area (Å²) < 4.78 is 60.9. The van der Waals surface area contributed by atoms with E-state index in [9.17, 15) is 31.7 Å². The largest absolute Gasteiger partial charge is 0.501 e. The lowest BCUT2D eigenvalue weighted by atomic mass is 10.2. The lowest BCUT2D eigenvalue weighted by Crippen LogP contribution is -2.47. The third-order valence-electron chi connectivity index (χ3n) is 4.31. The van der Waals surface area contributed by atoms with E-state index in [0.717, 1.165) is 38.3 Å². The van der Waals surface area contributed by atoms with Gasteiger partial charge in [0.2, 0.25) is 0 Å². The SMILES string of the molecule is CC(CN1CCN(C)CC1)Nc1ccc(S(=O)(=O)C(F)(F)F)cc1[N+](=O)[O-]. The molecule has 0 saturated carbocycles. The summed E-state index contributed by atoms with van der Waals surface area (Å²) >= 11 is 0. The fourth-order valence-corrected chi connectivity index (χ4v) is 3.60. The minimum Gasteiger partial charge on any atom is -0.376 e. The first-order valence-corrected chi connectivity index (χ1v) is 9.67. The maximum absolute atomic E-state index is 12.7. The topological polar surface area (TPSA) is 95.8 Å². The quantitative estimate of drug-likeness (QED) is 0.566. The second-order valence-electron chi connectivity index (χ2n) is 6.53. The van der Waals surface area contributed by atoms with Crippen LogP contribution in [-0.2, 0) is 9.84 Å². The Morgan fingerprint density at radius 1 is 1.26 bits per heavy atom. The van der Waals surface area contributed by atoms with Gasteiger partial charge in [-0.3, -0.25) is 15.0 Å². The van der Waals surface area contributed by atoms with Gasteiger partial charge in [-0.15, -0.1) is 0 Å². The van der Waals surface area contributed by atoms with Gasteiger partial charge in [-0.05, 0) is 26.1 Å². The first-order chi connectivity index (χ1) is 12.4. The molecule has 2 rings (SSSR count). The number of anilines is 1. The number of nitrogens with zero attached hydrogens (tertiary/aromatic N) is 3. The van der Waals surface area contributed by atoms with Crippen LogP contribution in [0.5, 0.6) is 0 Å². The van der Waals surface area contributed by atoms with Gasteiger partial charge in [0, 0.05) is 44.8 Å². The molecule has 1 unspecified atom stereocenters. The molecule has 0 spiro atoms. The zero-order valence-corrected chi connectivity index (χ0v) is 15.7. The highest BCUT2D eigenvalue weighted by Gasteiger charge is 2.47. The summed E-state index contributed by atoms with van der Waals surface area (Å²) in [5, 5.41) is 14.1. The summed E-state index contributed by atoms with van der Waals surface area (Å²) in [6, 6.07) is 1.93. The van der Waals surface area contributed by atoms with Crippen molar-refractivity contribution in [3.63, 3.8) is 0 Å². The number of piperazine rings is 1. The number of benzene rings is 1. The standard InChI is InChI=1S/C15H21F3N4O4S/c1-11(10-21-7-5-20(2)6-8-21)19-13-4-3-12(9-14(13)22(23)24)27(25,26)15(16,17)18/h3-4,9,11,19H,5-8,10H2,1-2H3. The molecule has 0 aliphatic carbocycles. The highest BCUT2D eigenvalue weighted by Crippen LogP contribution is 2.34. The Morgan fingerprint density at radius 2 is 1.85 bits per heavy atom. The summed E-state index contributed by atoms with van der Waals surface area (Å²) in [6.07, 6.45) is 0. The fraction of sp³-hybridized carbons (Fsp3) is 0.600. The number of nitro benzene ring substituents is 1. The number of hydrogen-bond donors (Lipinski definition) is 1. The molecule has 1 aromatic carbocycles. The molecule has 8 nitrogen and oxygen atoms in total. The maximum Gasteiger partial charge on any atom is 0.501 e. The van der Waals surface area contributed by atoms with Gasteiger partial charge in [0.25, 0.3) is 15.5 Å². The van der Waals surface area contributed by atoms with Crippen molar-refractivity contribution in [2.45, 2.75) is 23.4 Å². The zero-order valence-electron chi connectivity index (χ0n) is 14.9. The molecular formula is C15H21F3N4O4S. The van der Waals surface area contributed by atoms with E-state index < -0.39 is 30.9 Å². The van der Waals surface area contributed by atoms with Crippen molar-refractivity contribution >= 4 is 21.2 Å². The summed E-state index contributed by atoms with van der Waals surface area (Å²) in [4.78, 5) is 13.5. The molecule has 1 heterocycles. The van der Waals surface area contributed by atoms with Gasteiger partial charge in [-0.1, -0.05) is 0 Å². The van der Waals surface area contributed by atoms with Crippen LogP contribution in [0.3, 0.4) is 0 Å². The fourth-order valence-electron chi connectivity index (χ4n) is 2.81. The molecule has 1 fully saturated rings. The van der Waals surface area contributed by atoms with Crippen LogP contribution in [0.1, 0.15) is 6.92 Å². The van der Waals surface area contributed by atoms with E-state index in [1.54, 1.807) is 6.92 Å². The summed E-state index contributed by atoms with van der Waals surface area (Å²) in [5.41, 5.74) is -6.27. The van der Waals surface area contributed by atoms with Gasteiger partial charge in [-0.2, -0.15) is 13.2 Å². The number of alkyl halides is 3. The Bertz CT molecular complexity index is 793. The van der Waals surface area contributed by atoms with Crippen LogP contribution in [0.2, 0.25) is 0 Å². The summed E-state index contributed by atoms with van der Waals surface area (Å²) in [5.74, 6) is 0. The molecular weight excluding hydrogens is 389 g/mol. The highest BCUT2D eigenvalue weighted by atomic mass is 32.2. The van der Waals surface area contributed by atoms with Crippen molar-refractivity contribution < 1.29 is 26.5 Å². The second-order valence-corrected chi connectivity index (χ2v) is 8.48. The number of nitrogens with one attached hydrogen (secondary N) is 1. The summed E-state index contributed by atoms with van der Waals surface area (Å²) in [7, 11) is -3.64. The molecule has 0 aromatic heterocycles. The normalized spacial score (nSPS) is 18.3. The first kappa shape index (κ1) is 21.4. The van der Waals surface area contributed by atoms with Crippen LogP contribution >= 0.6 is 0 Å². The molecule has 1 aliphatic rings. The first-order valence-electron chi connectivity index (χ1n) is 8.19. The molecule has 0 bridgehead atoms. The van der Waals surface area contributed by atoms with E-state index >= 15 is 0 Å². The van der Waals surface area contributed by atoms with Crippen molar-refractivity contribution in [1.82, 2.24) is 9.80 Å². The van der Waals surface area contributed by atoms with E-state index in [1.165, 1.54) is 0 Å². The monoisotopic (exact) mass is 410 g/mol. The average molecular weight is 410 g/mol. The van der Waals surface area contributed by atoms with Gasteiger partial charge in [0.05, 0.1) is 9.82 Å². The van der Waals surface area contributed by atoms with Gasteiger partial charge in [0.1, 0.15) is 5.69 Å². The minimum atomic E-state index is -5.65. The van der Waals surface area contributed by atoms with Crippen LogP contribution in [0.25, 0.3) is 0 Å². The van der Waals surface area contributed by atoms with Gasteiger partial charge in [-0.25, -0.2) is 8.42 Å². The number of likely N-dealkylation sites (N-methyl/N-ethyl adjacent to an activating group) is 1. The zero-order chi connectivity index (χ0) is 20.4. The van der Waals surface area contributed by atoms with Crippen molar-refractivity contribution in [2.24, 2.45) is 0 Å². The number of hydrogen-bond acceptors (Lipinski definition) is 7. The third kappa shape index (κ3) is 5.08. The summed E-state index contributed by atoms with van der Waals surface area (Å²) in [6.45, 7) is 5.87. The maximum atomic E-state index is 12.7. The highest BCUT2D eigenvalue weighted by molar-refractivity contribution is 7.92. The molecule has 1 aliphatic heterocycles. The number of rotatable bonds is 6. The molecule has 1 N–H and O–H groups in total. The average Bonchev–Trinajstić information content (AvgIpc) is 2.56. The van der Waals surface area contributed by atoms with Crippen molar-refractivity contribution in [2.75, 3.05) is 45.1 Å². The van der Waals surface area contributed by atoms with Gasteiger partial charge in [0.15, 0.2) is 0 Å². The van der Waals surface area contributed by atoms with Crippen LogP contribution < -0.4 is 5.32 Å². The second kappa shape index (κ2) is 7.98. The number of sulfone groups is 1. The molecule has 0 amide bonds. The predicted octanol–water partition coefficient (Wildman–Crippen LogP) is 1.94. The lowest BCUT2D eigenvalue weighted by Gasteiger charge is -2.34. The lowest BCUT2D eigenvalue weighted by molar-refractivity contribution is -0.384. The molecule has 1 aromatic rings. The van der Waals surface area contributed by atoms with Crippen molar-refractivity contribution in [3.8, 4) is 0 Å². The van der Waals surface area contributed by atoms with Crippen molar-refractivity contribution in [1.29, 1.82) is 0 Å². The molecule has 27 heavy (non-hydrogen) atoms. The molecule has 1 saturated heterocycles. The van der Waals surface area contributed by atoms with E-state index in [4.69, 9.17) is 0 Å². The number of halogens is 3.